The average Bonchev–Trinajstić information content (AvgIpc) is 2.49. The third-order valence-electron chi connectivity index (χ3n) is 4.17. The molecule has 0 spiro atoms. The van der Waals surface area contributed by atoms with Crippen LogP contribution in [-0.2, 0) is 0 Å². The van der Waals surface area contributed by atoms with Gasteiger partial charge >= 0.3 is 6.18 Å². The van der Waals surface area contributed by atoms with E-state index in [0.717, 1.165) is 24.8 Å². The van der Waals surface area contributed by atoms with E-state index in [0.29, 0.717) is 37.1 Å². The number of nitrogens with zero attached hydrogens (tertiary/aromatic N) is 3. The topological polar surface area (TPSA) is 52.0 Å². The highest BCUT2D eigenvalue weighted by Gasteiger charge is 2.32. The van der Waals surface area contributed by atoms with Crippen molar-refractivity contribution in [2.75, 3.05) is 31.5 Å². The molecule has 4 nitrogen and oxygen atoms in total. The minimum Gasteiger partial charge on any atom is -0.370 e. The molecule has 1 N–H and O–H groups in total. The fourth-order valence-corrected chi connectivity index (χ4v) is 2.83. The number of nitriles is 1. The van der Waals surface area contributed by atoms with Gasteiger partial charge in [0.1, 0.15) is 17.6 Å². The first-order valence-electron chi connectivity index (χ1n) is 7.78. The Labute approximate surface area is 134 Å². The molecule has 0 atom stereocenters. The van der Waals surface area contributed by atoms with Crippen LogP contribution >= 0.6 is 0 Å². The molecule has 1 aliphatic heterocycles. The Hall–Kier alpha value is -1.81. The van der Waals surface area contributed by atoms with Crippen molar-refractivity contribution in [1.29, 1.82) is 5.26 Å². The highest BCUT2D eigenvalue weighted by Crippen LogP contribution is 2.24. The number of piperidine rings is 1. The summed E-state index contributed by atoms with van der Waals surface area (Å²) in [6.45, 7) is 2.76. The predicted molar refractivity (Wildman–Crippen MR) is 82.0 cm³/mol. The van der Waals surface area contributed by atoms with Gasteiger partial charge in [-0.25, -0.2) is 4.98 Å². The highest BCUT2D eigenvalue weighted by molar-refractivity contribution is 5.42. The summed E-state index contributed by atoms with van der Waals surface area (Å²) in [5.41, 5.74) is 1.26. The number of hydrogen-bond acceptors (Lipinski definition) is 4. The third-order valence-corrected chi connectivity index (χ3v) is 4.17. The summed E-state index contributed by atoms with van der Waals surface area (Å²) >= 11 is 0. The number of pyridine rings is 1. The van der Waals surface area contributed by atoms with Crippen molar-refractivity contribution in [2.45, 2.75) is 32.4 Å². The Morgan fingerprint density at radius 2 is 2.04 bits per heavy atom. The maximum Gasteiger partial charge on any atom is 0.401 e. The van der Waals surface area contributed by atoms with Crippen LogP contribution < -0.4 is 5.32 Å². The number of anilines is 1. The Kier molecular flexibility index (Phi) is 5.83. The second-order valence-electron chi connectivity index (χ2n) is 6.02. The lowest BCUT2D eigenvalue weighted by molar-refractivity contribution is -0.148. The van der Waals surface area contributed by atoms with Crippen LogP contribution in [0.2, 0.25) is 0 Å². The molecule has 1 aromatic rings. The zero-order valence-electron chi connectivity index (χ0n) is 13.2. The lowest BCUT2D eigenvalue weighted by Gasteiger charge is -2.32. The normalized spacial score (nSPS) is 17.0. The van der Waals surface area contributed by atoms with Gasteiger partial charge in [0.25, 0.3) is 0 Å². The Bertz CT molecular complexity index is 557. The van der Waals surface area contributed by atoms with E-state index >= 15 is 0 Å². The number of aryl methyl sites for hydroxylation is 1. The minimum absolute atomic E-state index is 0.412. The summed E-state index contributed by atoms with van der Waals surface area (Å²) in [4.78, 5) is 5.70. The predicted octanol–water partition coefficient (Wildman–Crippen LogP) is 3.34. The van der Waals surface area contributed by atoms with E-state index in [9.17, 15) is 13.2 Å². The fourth-order valence-electron chi connectivity index (χ4n) is 2.83. The molecule has 0 amide bonds. The lowest BCUT2D eigenvalue weighted by Crippen LogP contribution is -2.40. The summed E-state index contributed by atoms with van der Waals surface area (Å²) in [7, 11) is 0. The molecule has 1 fully saturated rings. The van der Waals surface area contributed by atoms with Gasteiger partial charge in [-0.15, -0.1) is 0 Å². The van der Waals surface area contributed by atoms with Gasteiger partial charge in [0.2, 0.25) is 0 Å². The molecule has 0 saturated carbocycles. The molecule has 23 heavy (non-hydrogen) atoms. The minimum atomic E-state index is -4.11. The molecule has 7 heteroatoms. The van der Waals surface area contributed by atoms with Crippen molar-refractivity contribution in [3.05, 3.63) is 23.4 Å². The molecule has 1 aliphatic rings. The smallest absolute Gasteiger partial charge is 0.370 e. The van der Waals surface area contributed by atoms with Crippen LogP contribution in [-0.4, -0.2) is 42.2 Å². The van der Waals surface area contributed by atoms with E-state index in [1.165, 1.54) is 4.90 Å². The molecule has 126 valence electrons. The number of aromatic nitrogens is 1. The van der Waals surface area contributed by atoms with Crippen LogP contribution in [0.3, 0.4) is 0 Å². The molecule has 0 radical (unpaired) electrons. The van der Waals surface area contributed by atoms with Gasteiger partial charge in [0.05, 0.1) is 6.54 Å². The van der Waals surface area contributed by atoms with Crippen molar-refractivity contribution in [2.24, 2.45) is 5.92 Å². The van der Waals surface area contributed by atoms with E-state index in [1.54, 1.807) is 0 Å². The number of rotatable bonds is 5. The largest absolute Gasteiger partial charge is 0.401 e. The summed E-state index contributed by atoms with van der Waals surface area (Å²) in [6.07, 6.45) is -1.62. The van der Waals surface area contributed by atoms with Crippen LogP contribution in [0, 0.1) is 24.2 Å². The van der Waals surface area contributed by atoms with Gasteiger partial charge in [0.15, 0.2) is 0 Å². The molecular weight excluding hydrogens is 305 g/mol. The lowest BCUT2D eigenvalue weighted by atomic mass is 9.93. The van der Waals surface area contributed by atoms with Gasteiger partial charge in [-0.2, -0.15) is 18.4 Å². The first-order valence-corrected chi connectivity index (χ1v) is 7.78. The fraction of sp³-hybridized carbons (Fsp3) is 0.625. The SMILES string of the molecule is Cc1ccc(NCCC2CCN(CC(F)(F)F)CC2)nc1C#N. The first-order chi connectivity index (χ1) is 10.9. The number of halogens is 3. The van der Waals surface area contributed by atoms with Crippen molar-refractivity contribution in [3.63, 3.8) is 0 Å². The summed E-state index contributed by atoms with van der Waals surface area (Å²) in [5.74, 6) is 1.11. The monoisotopic (exact) mass is 326 g/mol. The van der Waals surface area contributed by atoms with E-state index in [4.69, 9.17) is 5.26 Å². The van der Waals surface area contributed by atoms with Gasteiger partial charge in [0, 0.05) is 6.54 Å². The van der Waals surface area contributed by atoms with Crippen molar-refractivity contribution in [1.82, 2.24) is 9.88 Å². The standard InChI is InChI=1S/C16H21F3N4/c1-12-2-3-15(22-14(12)10-20)21-7-4-13-5-8-23(9-6-13)11-16(17,18)19/h2-3,13H,4-9,11H2,1H3,(H,21,22). The van der Waals surface area contributed by atoms with Gasteiger partial charge in [-0.1, -0.05) is 6.07 Å². The quantitative estimate of drug-likeness (QED) is 0.902. The average molecular weight is 326 g/mol. The van der Waals surface area contributed by atoms with Crippen molar-refractivity contribution < 1.29 is 13.2 Å². The van der Waals surface area contributed by atoms with E-state index in [1.807, 2.05) is 19.1 Å². The van der Waals surface area contributed by atoms with Gasteiger partial charge < -0.3 is 5.32 Å². The van der Waals surface area contributed by atoms with Crippen LogP contribution in [0.4, 0.5) is 19.0 Å². The zero-order chi connectivity index (χ0) is 16.9. The third kappa shape index (κ3) is 5.71. The highest BCUT2D eigenvalue weighted by atomic mass is 19.4. The second-order valence-corrected chi connectivity index (χ2v) is 6.02. The second kappa shape index (κ2) is 7.64. The van der Waals surface area contributed by atoms with Crippen LogP contribution in [0.25, 0.3) is 0 Å². The van der Waals surface area contributed by atoms with Gasteiger partial charge in [-0.05, 0) is 56.8 Å². The summed E-state index contributed by atoms with van der Waals surface area (Å²) < 4.78 is 37.0. The number of alkyl halides is 3. The maximum atomic E-state index is 12.3. The molecule has 1 saturated heterocycles. The summed E-state index contributed by atoms with van der Waals surface area (Å²) in [5, 5.41) is 12.1. The molecule has 0 unspecified atom stereocenters. The van der Waals surface area contributed by atoms with Crippen LogP contribution in [0.5, 0.6) is 0 Å². The maximum absolute atomic E-state index is 12.3. The molecule has 0 aromatic carbocycles. The van der Waals surface area contributed by atoms with E-state index in [-0.39, 0.29) is 0 Å². The molecule has 2 heterocycles. The Balaban J connectivity index is 1.71. The van der Waals surface area contributed by atoms with Gasteiger partial charge in [-0.3, -0.25) is 4.90 Å². The molecule has 0 aliphatic carbocycles. The number of nitrogens with one attached hydrogen (secondary N) is 1. The molecule has 2 rings (SSSR count). The Morgan fingerprint density at radius 3 is 2.65 bits per heavy atom. The Morgan fingerprint density at radius 1 is 1.35 bits per heavy atom. The molecule has 1 aromatic heterocycles. The zero-order valence-corrected chi connectivity index (χ0v) is 13.2. The van der Waals surface area contributed by atoms with E-state index < -0.39 is 12.7 Å². The van der Waals surface area contributed by atoms with Crippen LogP contribution in [0.15, 0.2) is 12.1 Å². The van der Waals surface area contributed by atoms with Crippen molar-refractivity contribution >= 4 is 5.82 Å². The summed E-state index contributed by atoms with van der Waals surface area (Å²) in [6, 6.07) is 5.74. The first kappa shape index (κ1) is 17.5. The number of hydrogen-bond donors (Lipinski definition) is 1. The molecule has 0 bridgehead atoms. The van der Waals surface area contributed by atoms with E-state index in [2.05, 4.69) is 16.4 Å². The molecular formula is C16H21F3N4. The van der Waals surface area contributed by atoms with Crippen molar-refractivity contribution in [3.8, 4) is 6.07 Å². The van der Waals surface area contributed by atoms with Crippen LogP contribution in [0.1, 0.15) is 30.5 Å². The number of likely N-dealkylation sites (tertiary alicyclic amines) is 1.